The fraction of sp³-hybridized carbons (Fsp3) is 0.714. The van der Waals surface area contributed by atoms with Gasteiger partial charge < -0.3 is 4.90 Å². The molecule has 0 spiro atoms. The highest BCUT2D eigenvalue weighted by molar-refractivity contribution is 7.89. The smallest absolute Gasteiger partial charge is 0.247 e. The fourth-order valence-corrected chi connectivity index (χ4v) is 4.82. The molecule has 0 bridgehead atoms. The topological polar surface area (TPSA) is 86.4 Å². The monoisotopic (exact) mass is 328 g/mol. The predicted octanol–water partition coefficient (Wildman–Crippen LogP) is 1.05. The van der Waals surface area contributed by atoms with Crippen molar-refractivity contribution in [3.8, 4) is 0 Å². The van der Waals surface area contributed by atoms with Crippen LogP contribution in [0.4, 0.5) is 0 Å². The molecule has 0 aromatic carbocycles. The van der Waals surface area contributed by atoms with Gasteiger partial charge in [-0.05, 0) is 20.3 Å². The second-order valence-electron chi connectivity index (χ2n) is 5.80. The summed E-state index contributed by atoms with van der Waals surface area (Å²) >= 11 is 0. The zero-order valence-corrected chi connectivity index (χ0v) is 14.4. The minimum absolute atomic E-state index is 0.123. The maximum atomic E-state index is 13.0. The molecule has 1 aromatic heterocycles. The second kappa shape index (κ2) is 6.37. The van der Waals surface area contributed by atoms with Crippen molar-refractivity contribution in [2.24, 2.45) is 0 Å². The number of sulfonamides is 1. The number of aryl methyl sites for hydroxylation is 2. The van der Waals surface area contributed by atoms with E-state index in [9.17, 15) is 13.2 Å². The van der Waals surface area contributed by atoms with E-state index in [1.165, 1.54) is 4.31 Å². The third-order valence-electron chi connectivity index (χ3n) is 4.12. The van der Waals surface area contributed by atoms with E-state index in [1.807, 2.05) is 6.92 Å². The molecule has 1 unspecified atom stereocenters. The molecule has 2 rings (SSSR count). The molecule has 1 aliphatic heterocycles. The average molecular weight is 328 g/mol. The van der Waals surface area contributed by atoms with Gasteiger partial charge in [-0.1, -0.05) is 19.8 Å². The van der Waals surface area contributed by atoms with Gasteiger partial charge in [0.05, 0.1) is 11.4 Å². The maximum Gasteiger partial charge on any atom is 0.247 e. The van der Waals surface area contributed by atoms with Crippen LogP contribution in [0.2, 0.25) is 0 Å². The van der Waals surface area contributed by atoms with Crippen LogP contribution in [0.5, 0.6) is 0 Å². The first-order valence-corrected chi connectivity index (χ1v) is 9.03. The van der Waals surface area contributed by atoms with Crippen molar-refractivity contribution in [2.45, 2.75) is 51.0 Å². The highest BCUT2D eigenvalue weighted by atomic mass is 32.2. The molecule has 7 nitrogen and oxygen atoms in total. The van der Waals surface area contributed by atoms with Crippen LogP contribution in [0.25, 0.3) is 0 Å². The first-order valence-electron chi connectivity index (χ1n) is 7.59. The number of hydrogen-bond donors (Lipinski definition) is 1. The zero-order chi connectivity index (χ0) is 16.5. The SMILES string of the molecule is CCCCC1C(=O)N(C)CCN1S(=O)(=O)c1c(C)n[nH]c1C. The number of unbranched alkanes of at least 4 members (excludes halogenated alkanes) is 1. The summed E-state index contributed by atoms with van der Waals surface area (Å²) in [6, 6.07) is -0.614. The summed E-state index contributed by atoms with van der Waals surface area (Å²) < 4.78 is 27.4. The summed E-state index contributed by atoms with van der Waals surface area (Å²) in [5.41, 5.74) is 0.955. The first-order chi connectivity index (χ1) is 10.3. The molecule has 22 heavy (non-hydrogen) atoms. The third kappa shape index (κ3) is 2.89. The van der Waals surface area contributed by atoms with E-state index in [2.05, 4.69) is 10.2 Å². The lowest BCUT2D eigenvalue weighted by atomic mass is 10.1. The summed E-state index contributed by atoms with van der Waals surface area (Å²) in [4.78, 5) is 14.2. The van der Waals surface area contributed by atoms with Gasteiger partial charge >= 0.3 is 0 Å². The van der Waals surface area contributed by atoms with Gasteiger partial charge in [-0.3, -0.25) is 9.89 Å². The van der Waals surface area contributed by atoms with E-state index >= 15 is 0 Å². The van der Waals surface area contributed by atoms with E-state index in [0.717, 1.165) is 12.8 Å². The predicted molar refractivity (Wildman–Crippen MR) is 82.9 cm³/mol. The Balaban J connectivity index is 2.41. The molecule has 0 aliphatic carbocycles. The number of piperazine rings is 1. The van der Waals surface area contributed by atoms with Gasteiger partial charge in [-0.2, -0.15) is 9.40 Å². The number of carbonyl (C=O) groups is 1. The highest BCUT2D eigenvalue weighted by Crippen LogP contribution is 2.27. The molecule has 1 saturated heterocycles. The van der Waals surface area contributed by atoms with Gasteiger partial charge in [0.15, 0.2) is 0 Å². The molecule has 8 heteroatoms. The minimum atomic E-state index is -3.72. The Morgan fingerprint density at radius 2 is 2.00 bits per heavy atom. The molecule has 1 atom stereocenters. The Morgan fingerprint density at radius 1 is 1.32 bits per heavy atom. The Morgan fingerprint density at radius 3 is 2.55 bits per heavy atom. The Hall–Kier alpha value is -1.41. The maximum absolute atomic E-state index is 13.0. The van der Waals surface area contributed by atoms with Crippen molar-refractivity contribution in [3.63, 3.8) is 0 Å². The van der Waals surface area contributed by atoms with Crippen molar-refractivity contribution in [1.82, 2.24) is 19.4 Å². The molecular weight excluding hydrogens is 304 g/mol. The van der Waals surface area contributed by atoms with Gasteiger partial charge in [-0.25, -0.2) is 8.42 Å². The van der Waals surface area contributed by atoms with Gasteiger partial charge in [-0.15, -0.1) is 0 Å². The Labute approximate surface area is 131 Å². The van der Waals surface area contributed by atoms with E-state index in [1.54, 1.807) is 25.8 Å². The number of aromatic amines is 1. The molecule has 1 fully saturated rings. The van der Waals surface area contributed by atoms with Crippen molar-refractivity contribution in [1.29, 1.82) is 0 Å². The number of hydrogen-bond acceptors (Lipinski definition) is 4. The van der Waals surface area contributed by atoms with E-state index in [4.69, 9.17) is 0 Å². The molecule has 1 N–H and O–H groups in total. The molecule has 1 amide bonds. The van der Waals surface area contributed by atoms with Crippen molar-refractivity contribution < 1.29 is 13.2 Å². The van der Waals surface area contributed by atoms with Crippen LogP contribution in [-0.2, 0) is 14.8 Å². The quantitative estimate of drug-likeness (QED) is 0.875. The first kappa shape index (κ1) is 17.0. The van der Waals surface area contributed by atoms with Crippen LogP contribution in [0.1, 0.15) is 37.6 Å². The Kier molecular flexibility index (Phi) is 4.91. The van der Waals surface area contributed by atoms with Crippen LogP contribution >= 0.6 is 0 Å². The van der Waals surface area contributed by atoms with Crippen molar-refractivity contribution in [2.75, 3.05) is 20.1 Å². The highest BCUT2D eigenvalue weighted by Gasteiger charge is 2.41. The molecule has 1 aromatic rings. The summed E-state index contributed by atoms with van der Waals surface area (Å²) in [5, 5.41) is 6.68. The average Bonchev–Trinajstić information content (AvgIpc) is 2.80. The largest absolute Gasteiger partial charge is 0.343 e. The number of likely N-dealkylation sites (N-methyl/N-ethyl adjacent to an activating group) is 1. The summed E-state index contributed by atoms with van der Waals surface area (Å²) in [6.07, 6.45) is 2.29. The number of aromatic nitrogens is 2. The number of nitrogens with one attached hydrogen (secondary N) is 1. The Bertz CT molecular complexity index is 634. The van der Waals surface area contributed by atoms with E-state index in [-0.39, 0.29) is 10.8 Å². The molecule has 2 heterocycles. The number of H-pyrrole nitrogens is 1. The summed E-state index contributed by atoms with van der Waals surface area (Å²) in [7, 11) is -2.00. The second-order valence-corrected chi connectivity index (χ2v) is 7.62. The lowest BCUT2D eigenvalue weighted by molar-refractivity contribution is -0.137. The molecule has 1 aliphatic rings. The van der Waals surface area contributed by atoms with Crippen LogP contribution < -0.4 is 0 Å². The minimum Gasteiger partial charge on any atom is -0.343 e. The van der Waals surface area contributed by atoms with Crippen molar-refractivity contribution in [3.05, 3.63) is 11.4 Å². The lowest BCUT2D eigenvalue weighted by Gasteiger charge is -2.38. The standard InChI is InChI=1S/C14H24N4O3S/c1-5-6-7-12-14(19)17(4)8-9-18(12)22(20,21)13-10(2)15-16-11(13)3/h12H,5-9H2,1-4H3,(H,15,16). The number of carbonyl (C=O) groups excluding carboxylic acids is 1. The molecule has 124 valence electrons. The van der Waals surface area contributed by atoms with Crippen LogP contribution in [0.3, 0.4) is 0 Å². The zero-order valence-electron chi connectivity index (χ0n) is 13.6. The van der Waals surface area contributed by atoms with Gasteiger partial charge in [0.1, 0.15) is 10.9 Å². The van der Waals surface area contributed by atoms with Crippen molar-refractivity contribution >= 4 is 15.9 Å². The summed E-state index contributed by atoms with van der Waals surface area (Å²) in [5.74, 6) is -0.123. The number of amides is 1. The fourth-order valence-electron chi connectivity index (χ4n) is 2.88. The third-order valence-corrected chi connectivity index (χ3v) is 6.30. The van der Waals surface area contributed by atoms with E-state index < -0.39 is 16.1 Å². The molecule has 0 saturated carbocycles. The van der Waals surface area contributed by atoms with E-state index in [0.29, 0.717) is 30.9 Å². The van der Waals surface area contributed by atoms with Crippen LogP contribution in [0.15, 0.2) is 4.90 Å². The van der Waals surface area contributed by atoms with Crippen LogP contribution in [-0.4, -0.2) is 59.9 Å². The number of rotatable bonds is 5. The molecule has 0 radical (unpaired) electrons. The van der Waals surface area contributed by atoms with Crippen LogP contribution in [0, 0.1) is 13.8 Å². The normalized spacial score (nSPS) is 20.6. The number of nitrogens with zero attached hydrogens (tertiary/aromatic N) is 3. The molecular formula is C14H24N4O3S. The lowest BCUT2D eigenvalue weighted by Crippen LogP contribution is -2.57. The van der Waals surface area contributed by atoms with Gasteiger partial charge in [0.2, 0.25) is 15.9 Å². The van der Waals surface area contributed by atoms with Gasteiger partial charge in [0, 0.05) is 20.1 Å². The van der Waals surface area contributed by atoms with Gasteiger partial charge in [0.25, 0.3) is 0 Å². The summed E-state index contributed by atoms with van der Waals surface area (Å²) in [6.45, 7) is 6.11.